The van der Waals surface area contributed by atoms with Gasteiger partial charge < -0.3 is 19.3 Å². The molecule has 0 aliphatic carbocycles. The maximum atomic E-state index is 12.2. The molecule has 0 spiro atoms. The maximum Gasteiger partial charge on any atom is 2.00 e. The maximum absolute atomic E-state index is 12.2. The molecule has 38 heavy (non-hydrogen) atoms. The number of amides is 2. The summed E-state index contributed by atoms with van der Waals surface area (Å²) >= 11 is 0. The Morgan fingerprint density at radius 3 is 1.53 bits per heavy atom. The van der Waals surface area contributed by atoms with Crippen molar-refractivity contribution in [3.8, 4) is 11.5 Å². The van der Waals surface area contributed by atoms with E-state index in [9.17, 15) is 19.8 Å². The number of para-hydroxylation sites is 2. The van der Waals surface area contributed by atoms with Crippen molar-refractivity contribution in [2.24, 2.45) is 10.2 Å². The van der Waals surface area contributed by atoms with Crippen LogP contribution >= 0.6 is 0 Å². The van der Waals surface area contributed by atoms with Crippen LogP contribution in [0.5, 0.6) is 11.5 Å². The molecule has 0 aliphatic rings. The third-order valence-corrected chi connectivity index (χ3v) is 4.44. The number of rotatable bonds is 6. The van der Waals surface area contributed by atoms with Gasteiger partial charge in [0.1, 0.15) is 11.5 Å². The van der Waals surface area contributed by atoms with E-state index < -0.39 is 22.2 Å². The Morgan fingerprint density at radius 1 is 0.842 bits per heavy atom. The molecule has 1 atom stereocenters. The van der Waals surface area contributed by atoms with E-state index in [4.69, 9.17) is 17.5 Å². The Bertz CT molecular complexity index is 1360. The van der Waals surface area contributed by atoms with Gasteiger partial charge in [-0.3, -0.25) is 9.59 Å². The van der Waals surface area contributed by atoms with Gasteiger partial charge in [-0.25, -0.2) is 15.8 Å². The van der Waals surface area contributed by atoms with Gasteiger partial charge in [0, 0.05) is 0 Å². The molecule has 7 N–H and O–H groups in total. The number of nitrogens with zero attached hydrogens (tertiary/aromatic N) is 3. The van der Waals surface area contributed by atoms with Gasteiger partial charge in [-0.05, 0) is 50.2 Å². The minimum absolute atomic E-state index is 0. The molecular weight excluding hydrogens is 562 g/mol. The van der Waals surface area contributed by atoms with Crippen molar-refractivity contribution in [2.45, 2.75) is 13.8 Å². The van der Waals surface area contributed by atoms with Gasteiger partial charge in [-0.1, -0.05) is 30.3 Å². The second-order valence-electron chi connectivity index (χ2n) is 7.19. The van der Waals surface area contributed by atoms with E-state index in [1.165, 1.54) is 24.3 Å². The summed E-state index contributed by atoms with van der Waals surface area (Å²) in [5, 5.41) is 27.6. The van der Waals surface area contributed by atoms with Gasteiger partial charge in [0.15, 0.2) is 0 Å². The molecule has 2 aromatic carbocycles. The van der Waals surface area contributed by atoms with E-state index in [1.54, 1.807) is 56.3 Å². The van der Waals surface area contributed by atoms with Gasteiger partial charge in [0.05, 0.1) is 33.9 Å². The molecule has 0 fully saturated rings. The number of aromatic nitrogens is 1. The zero-order valence-electron chi connectivity index (χ0n) is 19.9. The fourth-order valence-corrected chi connectivity index (χ4v) is 2.67. The standard InChI is InChI=1S/C23H21N5O4.Fe.H2O4S/c1-14(25-27-22(31)16-8-3-5-12-20(16)29)18-10-7-11-19(24-18)15(2)26-28-23(32)17-9-4-6-13-21(17)30;;1-5(2,3)4/h3-13,29-30H,1-2H3,(H,27,31)(H,28,32);;(H2,1,2,3,4)/q;+2;/p+1. The smallest absolute Gasteiger partial charge is 0.634 e. The van der Waals surface area contributed by atoms with Crippen molar-refractivity contribution < 1.29 is 54.4 Å². The third kappa shape index (κ3) is 10.5. The van der Waals surface area contributed by atoms with Crippen molar-refractivity contribution in [1.29, 1.82) is 0 Å². The summed E-state index contributed by atoms with van der Waals surface area (Å²) in [5.74, 6) is -1.39. The van der Waals surface area contributed by atoms with E-state index in [1.807, 2.05) is 0 Å². The molecule has 15 heteroatoms. The largest absolute Gasteiger partial charge is 2.00 e. The van der Waals surface area contributed by atoms with Crippen LogP contribution in [0.1, 0.15) is 46.0 Å². The van der Waals surface area contributed by atoms with Crippen LogP contribution in [0.3, 0.4) is 0 Å². The summed E-state index contributed by atoms with van der Waals surface area (Å²) in [6, 6.07) is 17.5. The predicted molar refractivity (Wildman–Crippen MR) is 134 cm³/mol. The molecule has 0 radical (unpaired) electrons. The molecule has 13 nitrogen and oxygen atoms in total. The van der Waals surface area contributed by atoms with Gasteiger partial charge >= 0.3 is 27.5 Å². The van der Waals surface area contributed by atoms with E-state index in [2.05, 4.69) is 26.0 Å². The van der Waals surface area contributed by atoms with Crippen LogP contribution < -0.4 is 10.9 Å². The number of nitrogens with one attached hydrogen (secondary N) is 2. The van der Waals surface area contributed by atoms with E-state index in [-0.39, 0.29) is 39.7 Å². The number of pyridine rings is 1. The molecule has 0 aliphatic heterocycles. The van der Waals surface area contributed by atoms with Gasteiger partial charge in [-0.2, -0.15) is 14.4 Å². The SMILES string of the molecule is CC(=NNC(=O)c1ccccc1O)c1cccc(C(C)=NNC(=O)c2ccccc2O)n1.O=S([O-])(=[OH+])[OH2+].[Fe+2]. The molecular formula is C23H24FeN5O8S+3. The molecule has 1 aromatic heterocycles. The number of hydrogen-bond donors (Lipinski definition) is 4. The number of phenols is 2. The molecule has 1 heterocycles. The molecule has 200 valence electrons. The minimum atomic E-state index is -4.42. The van der Waals surface area contributed by atoms with Crippen molar-refractivity contribution in [2.75, 3.05) is 0 Å². The van der Waals surface area contributed by atoms with Crippen LogP contribution in [-0.4, -0.2) is 56.0 Å². The first-order valence-electron chi connectivity index (χ1n) is 10.3. The van der Waals surface area contributed by atoms with Crippen molar-refractivity contribution >= 4 is 33.6 Å². The molecule has 0 bridgehead atoms. The van der Waals surface area contributed by atoms with Gasteiger partial charge in [-0.15, -0.1) is 4.21 Å². The Labute approximate surface area is 228 Å². The summed E-state index contributed by atoms with van der Waals surface area (Å²) in [6.07, 6.45) is 0. The topological polar surface area (TPSA) is 221 Å². The Morgan fingerprint density at radius 2 is 1.18 bits per heavy atom. The molecule has 0 saturated heterocycles. The number of benzene rings is 2. The average molecular weight is 586 g/mol. The Hall–Kier alpha value is -4.14. The van der Waals surface area contributed by atoms with Crippen molar-refractivity contribution in [3.05, 3.63) is 89.2 Å². The quantitative estimate of drug-likeness (QED) is 0.0822. The van der Waals surface area contributed by atoms with E-state index >= 15 is 0 Å². The van der Waals surface area contributed by atoms with Crippen LogP contribution in [0.2, 0.25) is 0 Å². The Balaban J connectivity index is 0.00000110. The van der Waals surface area contributed by atoms with Gasteiger partial charge in [0.2, 0.25) is 0 Å². The molecule has 0 saturated carbocycles. The molecule has 3 rings (SSSR count). The number of phenolic OH excluding ortho intramolecular Hbond substituents is 2. The molecule has 2 amide bonds. The van der Waals surface area contributed by atoms with Crippen LogP contribution in [0, 0.1) is 0 Å². The summed E-state index contributed by atoms with van der Waals surface area (Å²) in [5.41, 5.74) is 6.83. The number of carbonyl (C=O) groups excluding carboxylic acids is 2. The fraction of sp³-hybridized carbons (Fsp3) is 0.0870. The number of aromatic hydroxyl groups is 2. The Kier molecular flexibility index (Phi) is 12.2. The summed E-state index contributed by atoms with van der Waals surface area (Å²) < 4.78 is 30.3. The zero-order valence-corrected chi connectivity index (χ0v) is 21.8. The zero-order chi connectivity index (χ0) is 27.6. The second-order valence-corrected chi connectivity index (χ2v) is 8.14. The van der Waals surface area contributed by atoms with Crippen LogP contribution in [0.25, 0.3) is 0 Å². The third-order valence-electron chi connectivity index (χ3n) is 4.44. The molecule has 1 unspecified atom stereocenters. The first-order chi connectivity index (χ1) is 17.4. The van der Waals surface area contributed by atoms with E-state index in [0.717, 1.165) is 0 Å². The number of hydrogen-bond acceptors (Lipinski definition) is 9. The van der Waals surface area contributed by atoms with Crippen molar-refractivity contribution in [3.63, 3.8) is 0 Å². The van der Waals surface area contributed by atoms with Gasteiger partial charge in [0.25, 0.3) is 11.8 Å². The molecule has 3 aromatic rings. The second kappa shape index (κ2) is 14.6. The predicted octanol–water partition coefficient (Wildman–Crippen LogP) is 1.13. The number of hydrazone groups is 2. The normalized spacial score (nSPS) is 12.6. The van der Waals surface area contributed by atoms with Crippen LogP contribution in [0.15, 0.2) is 76.9 Å². The average Bonchev–Trinajstić information content (AvgIpc) is 2.85. The first kappa shape index (κ1) is 31.9. The monoisotopic (exact) mass is 586 g/mol. The fourth-order valence-electron chi connectivity index (χ4n) is 2.67. The summed E-state index contributed by atoms with van der Waals surface area (Å²) in [4.78, 5) is 28.8. The van der Waals surface area contributed by atoms with Crippen LogP contribution in [0.4, 0.5) is 0 Å². The van der Waals surface area contributed by atoms with Crippen LogP contribution in [-0.2, 0) is 27.5 Å². The summed E-state index contributed by atoms with van der Waals surface area (Å²) in [6.45, 7) is 3.34. The van der Waals surface area contributed by atoms with E-state index in [0.29, 0.717) is 22.8 Å². The first-order valence-corrected chi connectivity index (χ1v) is 11.8. The minimum Gasteiger partial charge on any atom is -0.634 e. The summed E-state index contributed by atoms with van der Waals surface area (Å²) in [7, 11) is -4.42. The number of carbonyl (C=O) groups is 2. The van der Waals surface area contributed by atoms with Crippen molar-refractivity contribution in [1.82, 2.24) is 15.8 Å².